The highest BCUT2D eigenvalue weighted by atomic mass is 35.5. The second kappa shape index (κ2) is 12.6. The molecule has 0 aliphatic carbocycles. The van der Waals surface area contributed by atoms with Crippen molar-refractivity contribution in [2.45, 2.75) is 38.5 Å². The maximum atomic E-state index is 10.6. The Labute approximate surface area is 190 Å². The molecule has 0 spiro atoms. The fourth-order valence-corrected chi connectivity index (χ4v) is 3.40. The van der Waals surface area contributed by atoms with E-state index in [2.05, 4.69) is 36.5 Å². The molecule has 3 rings (SSSR count). The molecule has 0 aromatic heterocycles. The summed E-state index contributed by atoms with van der Waals surface area (Å²) in [6, 6.07) is 26.0. The van der Waals surface area contributed by atoms with Crippen LogP contribution < -0.4 is 22.5 Å². The Bertz CT molecular complexity index is 855. The van der Waals surface area contributed by atoms with Crippen molar-refractivity contribution >= 4 is 11.6 Å². The van der Waals surface area contributed by atoms with Gasteiger partial charge < -0.3 is 27.6 Å². The van der Waals surface area contributed by atoms with E-state index >= 15 is 0 Å². The van der Waals surface area contributed by atoms with Crippen molar-refractivity contribution in [2.24, 2.45) is 0 Å². The zero-order valence-corrected chi connectivity index (χ0v) is 18.7. The topological polar surface area (TPSA) is 46.1 Å². The van der Waals surface area contributed by atoms with E-state index in [1.165, 1.54) is 5.56 Å². The van der Waals surface area contributed by atoms with Gasteiger partial charge in [0.05, 0.1) is 6.54 Å². The monoisotopic (exact) mass is 445 g/mol. The normalized spacial score (nSPS) is 12.6. The number of halogens is 2. The van der Waals surface area contributed by atoms with Crippen LogP contribution >= 0.6 is 11.6 Å². The van der Waals surface area contributed by atoms with Crippen molar-refractivity contribution in [3.8, 4) is 5.75 Å². The molecule has 5 heteroatoms. The second-order valence-corrected chi connectivity index (χ2v) is 7.84. The lowest BCUT2D eigenvalue weighted by atomic mass is 10.0. The summed E-state index contributed by atoms with van der Waals surface area (Å²) in [4.78, 5) is 0. The molecule has 2 atom stereocenters. The summed E-state index contributed by atoms with van der Waals surface area (Å²) in [5.74, 6) is 0.787. The number of hydrogen-bond donors (Lipinski definition) is 2. The van der Waals surface area contributed by atoms with Crippen LogP contribution in [0.2, 0.25) is 5.02 Å². The van der Waals surface area contributed by atoms with Crippen LogP contribution in [0.4, 0.5) is 0 Å². The summed E-state index contributed by atoms with van der Waals surface area (Å²) in [7, 11) is 0. The number of ether oxygens (including phenoxy) is 1. The van der Waals surface area contributed by atoms with E-state index < -0.39 is 6.10 Å². The summed E-state index contributed by atoms with van der Waals surface area (Å²) in [6.07, 6.45) is 1.66. The molecule has 0 aliphatic heterocycles. The highest BCUT2D eigenvalue weighted by Crippen LogP contribution is 2.20. The molecule has 0 aliphatic rings. The average molecular weight is 446 g/mol. The van der Waals surface area contributed by atoms with Gasteiger partial charge in [0.15, 0.2) is 0 Å². The molecular formula is C25H29Cl2NO2. The molecule has 0 fully saturated rings. The van der Waals surface area contributed by atoms with Gasteiger partial charge in [0.2, 0.25) is 0 Å². The Morgan fingerprint density at radius 1 is 0.900 bits per heavy atom. The molecule has 0 heterocycles. The minimum absolute atomic E-state index is 0. The van der Waals surface area contributed by atoms with Gasteiger partial charge in [0.1, 0.15) is 24.5 Å². The molecular weight excluding hydrogens is 417 g/mol. The van der Waals surface area contributed by atoms with Gasteiger partial charge in [-0.25, -0.2) is 0 Å². The van der Waals surface area contributed by atoms with Crippen LogP contribution in [0, 0.1) is 0 Å². The molecule has 0 saturated heterocycles. The van der Waals surface area contributed by atoms with Crippen LogP contribution in [0.3, 0.4) is 0 Å². The Balaban J connectivity index is 0.00000320. The fourth-order valence-electron chi connectivity index (χ4n) is 3.27. The zero-order valence-electron chi connectivity index (χ0n) is 17.2. The minimum Gasteiger partial charge on any atom is -1.00 e. The molecule has 3 N–H and O–H groups in total. The van der Waals surface area contributed by atoms with E-state index in [0.29, 0.717) is 6.61 Å². The number of benzene rings is 3. The van der Waals surface area contributed by atoms with E-state index in [0.717, 1.165) is 41.3 Å². The summed E-state index contributed by atoms with van der Waals surface area (Å²) < 4.78 is 5.82. The number of aliphatic hydroxyl groups is 1. The molecule has 3 aromatic rings. The van der Waals surface area contributed by atoms with Crippen molar-refractivity contribution in [3.63, 3.8) is 0 Å². The van der Waals surface area contributed by atoms with Crippen LogP contribution in [0.25, 0.3) is 0 Å². The molecule has 0 bridgehead atoms. The van der Waals surface area contributed by atoms with Crippen molar-refractivity contribution in [1.82, 2.24) is 0 Å². The molecule has 3 nitrogen and oxygen atoms in total. The zero-order chi connectivity index (χ0) is 20.5. The average Bonchev–Trinajstić information content (AvgIpc) is 2.77. The van der Waals surface area contributed by atoms with Gasteiger partial charge >= 0.3 is 0 Å². The predicted molar refractivity (Wildman–Crippen MR) is 118 cm³/mol. The number of nitrogens with two attached hydrogens (primary N) is 1. The van der Waals surface area contributed by atoms with Crippen LogP contribution in [0.15, 0.2) is 78.9 Å². The third kappa shape index (κ3) is 7.66. The lowest BCUT2D eigenvalue weighted by Gasteiger charge is -2.18. The lowest BCUT2D eigenvalue weighted by molar-refractivity contribution is -0.694. The third-order valence-corrected chi connectivity index (χ3v) is 5.34. The molecule has 30 heavy (non-hydrogen) atoms. The standard InChI is InChI=1S/C25H28ClNO2.ClH/c1-19(27-17-5-8-20-6-3-2-4-7-20)25(28)22-11-15-24(16-12-22)29-18-21-9-13-23(26)14-10-21;/h2-4,6-7,9-16,19,25,27-28H,5,8,17-18H2,1H3;1H. The first-order valence-electron chi connectivity index (χ1n) is 10.1. The minimum atomic E-state index is -0.503. The van der Waals surface area contributed by atoms with Crippen molar-refractivity contribution in [3.05, 3.63) is 101 Å². The summed E-state index contributed by atoms with van der Waals surface area (Å²) in [5, 5.41) is 13.6. The highest BCUT2D eigenvalue weighted by Gasteiger charge is 2.18. The quantitative estimate of drug-likeness (QED) is 0.465. The Hall–Kier alpha value is -2.04. The second-order valence-electron chi connectivity index (χ2n) is 7.40. The fraction of sp³-hybridized carbons (Fsp3) is 0.280. The molecule has 0 saturated carbocycles. The van der Waals surface area contributed by atoms with E-state index in [1.807, 2.05) is 54.6 Å². The molecule has 3 aromatic carbocycles. The van der Waals surface area contributed by atoms with Crippen LogP contribution in [0.5, 0.6) is 5.75 Å². The number of aliphatic hydroxyl groups excluding tert-OH is 1. The smallest absolute Gasteiger partial charge is 0.130 e. The number of hydrogen-bond acceptors (Lipinski definition) is 2. The van der Waals surface area contributed by atoms with E-state index in [4.69, 9.17) is 16.3 Å². The van der Waals surface area contributed by atoms with Crippen molar-refractivity contribution in [1.29, 1.82) is 0 Å². The van der Waals surface area contributed by atoms with E-state index in [1.54, 1.807) is 0 Å². The number of rotatable bonds is 10. The van der Waals surface area contributed by atoms with E-state index in [9.17, 15) is 5.11 Å². The first-order valence-corrected chi connectivity index (χ1v) is 10.5. The molecule has 0 radical (unpaired) electrons. The molecule has 0 amide bonds. The van der Waals surface area contributed by atoms with Gasteiger partial charge in [-0.05, 0) is 54.3 Å². The van der Waals surface area contributed by atoms with Gasteiger partial charge in [0, 0.05) is 11.4 Å². The first-order chi connectivity index (χ1) is 14.1. The Kier molecular flexibility index (Phi) is 10.2. The SMILES string of the molecule is CC([NH2+]CCCc1ccccc1)C(O)c1ccc(OCc2ccc(Cl)cc2)cc1.[Cl-]. The first kappa shape index (κ1) is 24.2. The third-order valence-electron chi connectivity index (χ3n) is 5.09. The molecule has 2 unspecified atom stereocenters. The summed E-state index contributed by atoms with van der Waals surface area (Å²) >= 11 is 5.90. The van der Waals surface area contributed by atoms with Gasteiger partial charge in [0.25, 0.3) is 0 Å². The molecule has 160 valence electrons. The maximum Gasteiger partial charge on any atom is 0.130 e. The maximum absolute atomic E-state index is 10.6. The largest absolute Gasteiger partial charge is 1.00 e. The van der Waals surface area contributed by atoms with Crippen molar-refractivity contribution in [2.75, 3.05) is 6.54 Å². The van der Waals surface area contributed by atoms with Crippen LogP contribution in [0.1, 0.15) is 36.1 Å². The van der Waals surface area contributed by atoms with Crippen LogP contribution in [-0.4, -0.2) is 17.7 Å². The van der Waals surface area contributed by atoms with Gasteiger partial charge in [-0.1, -0.05) is 66.2 Å². The summed E-state index contributed by atoms with van der Waals surface area (Å²) in [5.41, 5.74) is 3.34. The summed E-state index contributed by atoms with van der Waals surface area (Å²) in [6.45, 7) is 3.55. The Morgan fingerprint density at radius 2 is 1.57 bits per heavy atom. The van der Waals surface area contributed by atoms with Crippen LogP contribution in [-0.2, 0) is 13.0 Å². The number of quaternary nitrogens is 1. The Morgan fingerprint density at radius 3 is 2.23 bits per heavy atom. The van der Waals surface area contributed by atoms with E-state index in [-0.39, 0.29) is 18.4 Å². The lowest BCUT2D eigenvalue weighted by Crippen LogP contribution is -3.00. The van der Waals surface area contributed by atoms with Crippen molar-refractivity contribution < 1.29 is 27.6 Å². The number of aryl methyl sites for hydroxylation is 1. The van der Waals surface area contributed by atoms with Gasteiger partial charge in [-0.15, -0.1) is 0 Å². The van der Waals surface area contributed by atoms with Gasteiger partial charge in [-0.3, -0.25) is 0 Å². The highest BCUT2D eigenvalue weighted by molar-refractivity contribution is 6.30. The predicted octanol–water partition coefficient (Wildman–Crippen LogP) is 1.54. The van der Waals surface area contributed by atoms with Gasteiger partial charge in [-0.2, -0.15) is 0 Å².